The van der Waals surface area contributed by atoms with Gasteiger partial charge in [-0.3, -0.25) is 4.79 Å². The number of rotatable bonds is 3. The van der Waals surface area contributed by atoms with E-state index in [9.17, 15) is 4.79 Å². The number of amides is 1. The van der Waals surface area contributed by atoms with Crippen LogP contribution in [0.5, 0.6) is 0 Å². The van der Waals surface area contributed by atoms with E-state index < -0.39 is 0 Å². The summed E-state index contributed by atoms with van der Waals surface area (Å²) in [7, 11) is 1.80. The van der Waals surface area contributed by atoms with Crippen LogP contribution in [0.1, 0.15) is 41.8 Å². The van der Waals surface area contributed by atoms with E-state index in [-0.39, 0.29) is 18.6 Å². The number of aryl methyl sites for hydroxylation is 1. The molecule has 1 aromatic carbocycles. The van der Waals surface area contributed by atoms with Gasteiger partial charge in [0.2, 0.25) is 0 Å². The maximum Gasteiger partial charge on any atom is 0.253 e. The molecule has 0 saturated heterocycles. The molecule has 0 aliphatic heterocycles. The quantitative estimate of drug-likeness (QED) is 0.845. The number of carbonyl (C=O) groups excluding carboxylic acids is 1. The van der Waals surface area contributed by atoms with Crippen LogP contribution in [0.3, 0.4) is 0 Å². The molecular weight excluding hydrogens is 238 g/mol. The Bertz CT molecular complexity index is 509. The fourth-order valence-corrected chi connectivity index (χ4v) is 1.64. The maximum absolute atomic E-state index is 12.3. The van der Waals surface area contributed by atoms with Gasteiger partial charge in [0.15, 0.2) is 0 Å². The zero-order valence-corrected chi connectivity index (χ0v) is 12.0. The van der Waals surface area contributed by atoms with Crippen LogP contribution in [-0.4, -0.2) is 35.6 Å². The topological polar surface area (TPSA) is 40.5 Å². The molecule has 0 aliphatic rings. The highest BCUT2D eigenvalue weighted by molar-refractivity contribution is 5.94. The Balaban J connectivity index is 3.04. The van der Waals surface area contributed by atoms with E-state index in [0.29, 0.717) is 12.0 Å². The molecule has 19 heavy (non-hydrogen) atoms. The monoisotopic (exact) mass is 259 g/mol. The molecule has 0 saturated carbocycles. The van der Waals surface area contributed by atoms with Gasteiger partial charge in [-0.2, -0.15) is 0 Å². The van der Waals surface area contributed by atoms with Crippen LogP contribution in [0.4, 0.5) is 0 Å². The zero-order chi connectivity index (χ0) is 14.4. The molecule has 1 rings (SSSR count). The van der Waals surface area contributed by atoms with Crippen molar-refractivity contribution in [3.63, 3.8) is 0 Å². The number of benzene rings is 1. The van der Waals surface area contributed by atoms with Gasteiger partial charge in [-0.05, 0) is 44.5 Å². The second-order valence-electron chi connectivity index (χ2n) is 4.87. The molecule has 0 aromatic heterocycles. The number of carbonyl (C=O) groups is 1. The van der Waals surface area contributed by atoms with Crippen molar-refractivity contribution < 1.29 is 9.90 Å². The zero-order valence-electron chi connectivity index (χ0n) is 12.0. The Kier molecular flexibility index (Phi) is 5.59. The van der Waals surface area contributed by atoms with Gasteiger partial charge in [0.25, 0.3) is 5.91 Å². The van der Waals surface area contributed by atoms with Crippen LogP contribution in [0.2, 0.25) is 0 Å². The molecule has 0 atom stereocenters. The van der Waals surface area contributed by atoms with Gasteiger partial charge in [0, 0.05) is 30.6 Å². The van der Waals surface area contributed by atoms with Crippen molar-refractivity contribution in [1.82, 2.24) is 4.90 Å². The molecule has 0 heterocycles. The SMILES string of the molecule is Cc1cc(C#CCCO)cc(C(=O)N(C)C(C)C)c1. The van der Waals surface area contributed by atoms with Crippen molar-refractivity contribution in [3.05, 3.63) is 34.9 Å². The summed E-state index contributed by atoms with van der Waals surface area (Å²) < 4.78 is 0. The smallest absolute Gasteiger partial charge is 0.253 e. The lowest BCUT2D eigenvalue weighted by Crippen LogP contribution is -2.33. The van der Waals surface area contributed by atoms with Crippen LogP contribution in [0.15, 0.2) is 18.2 Å². The summed E-state index contributed by atoms with van der Waals surface area (Å²) in [6, 6.07) is 5.78. The minimum Gasteiger partial charge on any atom is -0.395 e. The molecule has 3 heteroatoms. The predicted molar refractivity (Wildman–Crippen MR) is 77.0 cm³/mol. The van der Waals surface area contributed by atoms with E-state index >= 15 is 0 Å². The summed E-state index contributed by atoms with van der Waals surface area (Å²) >= 11 is 0. The van der Waals surface area contributed by atoms with E-state index in [1.165, 1.54) is 0 Å². The van der Waals surface area contributed by atoms with E-state index in [1.807, 2.05) is 32.9 Å². The summed E-state index contributed by atoms with van der Waals surface area (Å²) in [5.74, 6) is 5.84. The third-order valence-electron chi connectivity index (χ3n) is 2.89. The standard InChI is InChI=1S/C16H21NO2/c1-12(2)17(4)16(19)15-10-13(3)9-14(11-15)7-5-6-8-18/h9-12,18H,6,8H2,1-4H3. The van der Waals surface area contributed by atoms with Crippen molar-refractivity contribution >= 4 is 5.91 Å². The summed E-state index contributed by atoms with van der Waals surface area (Å²) in [4.78, 5) is 14.0. The third-order valence-corrected chi connectivity index (χ3v) is 2.89. The van der Waals surface area contributed by atoms with Gasteiger partial charge in [0.1, 0.15) is 0 Å². The Hall–Kier alpha value is -1.79. The number of nitrogens with zero attached hydrogens (tertiary/aromatic N) is 1. The van der Waals surface area contributed by atoms with Gasteiger partial charge in [-0.25, -0.2) is 0 Å². The van der Waals surface area contributed by atoms with Gasteiger partial charge in [-0.1, -0.05) is 11.8 Å². The molecule has 0 radical (unpaired) electrons. The van der Waals surface area contributed by atoms with Crippen molar-refractivity contribution in [2.24, 2.45) is 0 Å². The lowest BCUT2D eigenvalue weighted by atomic mass is 10.1. The maximum atomic E-state index is 12.3. The van der Waals surface area contributed by atoms with Gasteiger partial charge >= 0.3 is 0 Å². The summed E-state index contributed by atoms with van der Waals surface area (Å²) in [5, 5.41) is 8.71. The Labute approximate surface area is 115 Å². The summed E-state index contributed by atoms with van der Waals surface area (Å²) in [6.07, 6.45) is 0.448. The molecular formula is C16H21NO2. The highest BCUT2D eigenvalue weighted by Gasteiger charge is 2.14. The third kappa shape index (κ3) is 4.42. The predicted octanol–water partition coefficient (Wildman–Crippen LogP) is 2.21. The Morgan fingerprint density at radius 3 is 2.63 bits per heavy atom. The van der Waals surface area contributed by atoms with E-state index in [2.05, 4.69) is 11.8 Å². The average molecular weight is 259 g/mol. The van der Waals surface area contributed by atoms with Crippen molar-refractivity contribution in [2.45, 2.75) is 33.2 Å². The highest BCUT2D eigenvalue weighted by Crippen LogP contribution is 2.12. The van der Waals surface area contributed by atoms with E-state index in [4.69, 9.17) is 5.11 Å². The largest absolute Gasteiger partial charge is 0.395 e. The molecule has 1 amide bonds. The van der Waals surface area contributed by atoms with Crippen LogP contribution >= 0.6 is 0 Å². The van der Waals surface area contributed by atoms with Crippen molar-refractivity contribution in [1.29, 1.82) is 0 Å². The molecule has 1 aromatic rings. The van der Waals surface area contributed by atoms with Crippen molar-refractivity contribution in [2.75, 3.05) is 13.7 Å². The number of aliphatic hydroxyl groups excluding tert-OH is 1. The Morgan fingerprint density at radius 2 is 2.05 bits per heavy atom. The summed E-state index contributed by atoms with van der Waals surface area (Å²) in [5.41, 5.74) is 2.48. The van der Waals surface area contributed by atoms with Gasteiger partial charge in [0.05, 0.1) is 6.61 Å². The molecule has 0 aliphatic carbocycles. The van der Waals surface area contributed by atoms with E-state index in [0.717, 1.165) is 11.1 Å². The first-order valence-electron chi connectivity index (χ1n) is 6.44. The first kappa shape index (κ1) is 15.3. The molecule has 0 unspecified atom stereocenters. The number of hydrogen-bond acceptors (Lipinski definition) is 2. The van der Waals surface area contributed by atoms with Crippen LogP contribution in [-0.2, 0) is 0 Å². The molecule has 3 nitrogen and oxygen atoms in total. The molecule has 1 N–H and O–H groups in total. The first-order chi connectivity index (χ1) is 8.95. The minimum atomic E-state index is 0.00362. The lowest BCUT2D eigenvalue weighted by Gasteiger charge is -2.21. The lowest BCUT2D eigenvalue weighted by molar-refractivity contribution is 0.0755. The molecule has 0 bridgehead atoms. The fourth-order valence-electron chi connectivity index (χ4n) is 1.64. The number of hydrogen-bond donors (Lipinski definition) is 1. The van der Waals surface area contributed by atoms with Gasteiger partial charge in [-0.15, -0.1) is 0 Å². The minimum absolute atomic E-state index is 0.00362. The summed E-state index contributed by atoms with van der Waals surface area (Å²) in [6.45, 7) is 5.97. The van der Waals surface area contributed by atoms with Crippen LogP contribution in [0.25, 0.3) is 0 Å². The van der Waals surface area contributed by atoms with Crippen LogP contribution < -0.4 is 0 Å². The van der Waals surface area contributed by atoms with E-state index in [1.54, 1.807) is 18.0 Å². The molecule has 0 spiro atoms. The fraction of sp³-hybridized carbons (Fsp3) is 0.438. The second kappa shape index (κ2) is 6.96. The second-order valence-corrected chi connectivity index (χ2v) is 4.87. The normalized spacial score (nSPS) is 10.0. The highest BCUT2D eigenvalue weighted by atomic mass is 16.2. The number of aliphatic hydroxyl groups is 1. The first-order valence-corrected chi connectivity index (χ1v) is 6.44. The van der Waals surface area contributed by atoms with Gasteiger partial charge < -0.3 is 10.0 Å². The van der Waals surface area contributed by atoms with Crippen molar-refractivity contribution in [3.8, 4) is 11.8 Å². The molecule has 102 valence electrons. The Morgan fingerprint density at radius 1 is 1.37 bits per heavy atom. The van der Waals surface area contributed by atoms with Crippen LogP contribution in [0, 0.1) is 18.8 Å². The average Bonchev–Trinajstić information content (AvgIpc) is 2.36. The molecule has 0 fully saturated rings.